The second-order valence-corrected chi connectivity index (χ2v) is 11.0. The maximum atomic E-state index is 13.7. The highest BCUT2D eigenvalue weighted by Gasteiger charge is 2.32. The van der Waals surface area contributed by atoms with Crippen LogP contribution in [0.25, 0.3) is 0 Å². The van der Waals surface area contributed by atoms with E-state index in [2.05, 4.69) is 21.2 Å². The summed E-state index contributed by atoms with van der Waals surface area (Å²) in [7, 11) is -2.61. The highest BCUT2D eigenvalue weighted by molar-refractivity contribution is 9.10. The summed E-state index contributed by atoms with van der Waals surface area (Å²) >= 11 is 3.39. The van der Waals surface area contributed by atoms with E-state index < -0.39 is 28.5 Å². The van der Waals surface area contributed by atoms with Crippen LogP contribution in [0.4, 0.5) is 5.69 Å². The molecule has 0 spiro atoms. The number of hydrogen-bond acceptors (Lipinski definition) is 5. The first-order valence-electron chi connectivity index (χ1n) is 11.7. The minimum Gasteiger partial charge on any atom is -0.494 e. The summed E-state index contributed by atoms with van der Waals surface area (Å²) in [6.07, 6.45) is 0. The minimum absolute atomic E-state index is 0.0514. The van der Waals surface area contributed by atoms with Gasteiger partial charge in [-0.05, 0) is 67.9 Å². The topological polar surface area (TPSA) is 96.0 Å². The van der Waals surface area contributed by atoms with Crippen molar-refractivity contribution < 1.29 is 22.7 Å². The lowest BCUT2D eigenvalue weighted by Crippen LogP contribution is -2.50. The Morgan fingerprint density at radius 1 is 0.973 bits per heavy atom. The molecule has 3 rings (SSSR count). The number of amides is 2. The molecule has 1 N–H and O–H groups in total. The number of ether oxygens (including phenoxy) is 1. The Bertz CT molecular complexity index is 1300. The van der Waals surface area contributed by atoms with E-state index in [1.807, 2.05) is 31.2 Å². The third-order valence-electron chi connectivity index (χ3n) is 5.73. The van der Waals surface area contributed by atoms with E-state index in [4.69, 9.17) is 4.74 Å². The maximum Gasteiger partial charge on any atom is 0.264 e. The highest BCUT2D eigenvalue weighted by Crippen LogP contribution is 2.26. The number of nitrogens with one attached hydrogen (secondary N) is 1. The van der Waals surface area contributed by atoms with Crippen molar-refractivity contribution in [3.63, 3.8) is 0 Å². The van der Waals surface area contributed by atoms with Crippen LogP contribution in [0.5, 0.6) is 5.75 Å². The van der Waals surface area contributed by atoms with Crippen molar-refractivity contribution in [2.24, 2.45) is 0 Å². The number of hydrogen-bond donors (Lipinski definition) is 1. The molecule has 8 nitrogen and oxygen atoms in total. The lowest BCUT2D eigenvalue weighted by molar-refractivity contribution is -0.139. The molecule has 3 aromatic carbocycles. The van der Waals surface area contributed by atoms with Gasteiger partial charge in [-0.25, -0.2) is 8.42 Å². The highest BCUT2D eigenvalue weighted by atomic mass is 79.9. The van der Waals surface area contributed by atoms with Crippen LogP contribution >= 0.6 is 15.9 Å². The van der Waals surface area contributed by atoms with Gasteiger partial charge in [0, 0.05) is 18.1 Å². The van der Waals surface area contributed by atoms with E-state index in [1.165, 1.54) is 24.1 Å². The molecule has 0 bridgehead atoms. The van der Waals surface area contributed by atoms with Gasteiger partial charge in [-0.1, -0.05) is 46.3 Å². The van der Waals surface area contributed by atoms with Crippen molar-refractivity contribution in [3.05, 3.63) is 88.9 Å². The largest absolute Gasteiger partial charge is 0.494 e. The number of anilines is 1. The van der Waals surface area contributed by atoms with E-state index in [9.17, 15) is 18.0 Å². The SMILES string of the molecule is CCOc1ccc(N(CC(=O)N(Cc2ccc(Br)cc2)[C@H](C)C(=O)NC)S(=O)(=O)c2ccccc2)cc1. The molecule has 3 aromatic rings. The molecule has 2 amide bonds. The zero-order chi connectivity index (χ0) is 27.0. The van der Waals surface area contributed by atoms with E-state index in [-0.39, 0.29) is 17.3 Å². The molecule has 0 aliphatic heterocycles. The number of carbonyl (C=O) groups is 2. The predicted octanol–water partition coefficient (Wildman–Crippen LogP) is 4.21. The molecule has 0 aliphatic rings. The van der Waals surface area contributed by atoms with Crippen molar-refractivity contribution in [2.45, 2.75) is 31.3 Å². The van der Waals surface area contributed by atoms with Crippen LogP contribution in [0.15, 0.2) is 88.2 Å². The van der Waals surface area contributed by atoms with Crippen LogP contribution < -0.4 is 14.4 Å². The van der Waals surface area contributed by atoms with Crippen LogP contribution in [-0.2, 0) is 26.2 Å². The zero-order valence-electron chi connectivity index (χ0n) is 20.9. The van der Waals surface area contributed by atoms with Crippen molar-refractivity contribution in [1.29, 1.82) is 0 Å². The quantitative estimate of drug-likeness (QED) is 0.362. The molecule has 196 valence electrons. The van der Waals surface area contributed by atoms with Crippen LogP contribution in [0.2, 0.25) is 0 Å². The van der Waals surface area contributed by atoms with Crippen LogP contribution in [0.3, 0.4) is 0 Å². The first kappa shape index (κ1) is 28.2. The Kier molecular flexibility index (Phi) is 9.71. The van der Waals surface area contributed by atoms with E-state index in [0.717, 1.165) is 14.3 Å². The van der Waals surface area contributed by atoms with Gasteiger partial charge >= 0.3 is 0 Å². The summed E-state index contributed by atoms with van der Waals surface area (Å²) in [5.41, 5.74) is 1.10. The molecule has 0 aromatic heterocycles. The monoisotopic (exact) mass is 587 g/mol. The molecule has 0 heterocycles. The van der Waals surface area contributed by atoms with Crippen molar-refractivity contribution >= 4 is 43.5 Å². The van der Waals surface area contributed by atoms with E-state index in [1.54, 1.807) is 49.4 Å². The number of likely N-dealkylation sites (N-methyl/N-ethyl adjacent to an activating group) is 1. The van der Waals surface area contributed by atoms with E-state index >= 15 is 0 Å². The molecule has 37 heavy (non-hydrogen) atoms. The Labute approximate surface area is 226 Å². The third-order valence-corrected chi connectivity index (χ3v) is 8.04. The zero-order valence-corrected chi connectivity index (χ0v) is 23.3. The summed E-state index contributed by atoms with van der Waals surface area (Å²) in [6.45, 7) is 3.56. The fraction of sp³-hybridized carbons (Fsp3) is 0.259. The molecule has 10 heteroatoms. The standard InChI is InChI=1S/C27H30BrN3O5S/c1-4-36-24-16-14-23(15-17-24)31(37(34,35)25-8-6-5-7-9-25)19-26(32)30(20(2)27(33)29-3)18-21-10-12-22(28)13-11-21/h5-17,20H,4,18-19H2,1-3H3,(H,29,33)/t20-/m1/s1. The second kappa shape index (κ2) is 12.7. The Balaban J connectivity index is 2.01. The molecular weight excluding hydrogens is 558 g/mol. The van der Waals surface area contributed by atoms with Crippen LogP contribution in [0.1, 0.15) is 19.4 Å². The Morgan fingerprint density at radius 2 is 1.59 bits per heavy atom. The summed E-state index contributed by atoms with van der Waals surface area (Å²) in [5, 5.41) is 2.57. The molecule has 0 unspecified atom stereocenters. The normalized spacial score (nSPS) is 11.9. The van der Waals surface area contributed by atoms with Gasteiger partial charge in [0.1, 0.15) is 18.3 Å². The number of carbonyl (C=O) groups excluding carboxylic acids is 2. The summed E-state index contributed by atoms with van der Waals surface area (Å²) in [4.78, 5) is 27.7. The van der Waals surface area contributed by atoms with Crippen molar-refractivity contribution in [3.8, 4) is 5.75 Å². The van der Waals surface area contributed by atoms with Crippen molar-refractivity contribution in [1.82, 2.24) is 10.2 Å². The van der Waals surface area contributed by atoms with Crippen molar-refractivity contribution in [2.75, 3.05) is 24.5 Å². The molecule has 0 aliphatic carbocycles. The first-order valence-corrected chi connectivity index (χ1v) is 14.0. The fourth-order valence-electron chi connectivity index (χ4n) is 3.70. The summed E-state index contributed by atoms with van der Waals surface area (Å²) < 4.78 is 34.8. The van der Waals surface area contributed by atoms with E-state index in [0.29, 0.717) is 18.0 Å². The number of nitrogens with zero attached hydrogens (tertiary/aromatic N) is 2. The molecule has 0 saturated carbocycles. The van der Waals surface area contributed by atoms with Gasteiger partial charge < -0.3 is 15.0 Å². The molecule has 0 fully saturated rings. The molecule has 0 radical (unpaired) electrons. The number of benzene rings is 3. The first-order chi connectivity index (χ1) is 17.7. The Morgan fingerprint density at radius 3 is 2.16 bits per heavy atom. The number of halogens is 1. The number of sulfonamides is 1. The average molecular weight is 589 g/mol. The van der Waals surface area contributed by atoms with Gasteiger partial charge in [-0.15, -0.1) is 0 Å². The smallest absolute Gasteiger partial charge is 0.264 e. The fourth-order valence-corrected chi connectivity index (χ4v) is 5.40. The van der Waals surface area contributed by atoms with Gasteiger partial charge in [-0.3, -0.25) is 13.9 Å². The lowest BCUT2D eigenvalue weighted by Gasteiger charge is -2.31. The lowest BCUT2D eigenvalue weighted by atomic mass is 10.1. The third kappa shape index (κ3) is 7.11. The second-order valence-electron chi connectivity index (χ2n) is 8.19. The molecule has 0 saturated heterocycles. The minimum atomic E-state index is -4.10. The maximum absolute atomic E-state index is 13.7. The van der Waals surface area contributed by atoms with Gasteiger partial charge in [0.2, 0.25) is 11.8 Å². The molecule has 1 atom stereocenters. The van der Waals surface area contributed by atoms with Gasteiger partial charge in [0.05, 0.1) is 17.2 Å². The van der Waals surface area contributed by atoms with Gasteiger partial charge in [0.15, 0.2) is 0 Å². The predicted molar refractivity (Wildman–Crippen MR) is 147 cm³/mol. The summed E-state index contributed by atoms with van der Waals surface area (Å²) in [6, 6.07) is 21.0. The average Bonchev–Trinajstić information content (AvgIpc) is 2.91. The van der Waals surface area contributed by atoms with Crippen LogP contribution in [0, 0.1) is 0 Å². The van der Waals surface area contributed by atoms with Crippen LogP contribution in [-0.4, -0.2) is 51.4 Å². The Hall–Kier alpha value is -3.37. The molecular formula is C27H30BrN3O5S. The number of rotatable bonds is 11. The summed E-state index contributed by atoms with van der Waals surface area (Å²) in [5.74, 6) is -0.295. The van der Waals surface area contributed by atoms with Gasteiger partial charge in [-0.2, -0.15) is 0 Å². The van der Waals surface area contributed by atoms with Gasteiger partial charge in [0.25, 0.3) is 10.0 Å².